The van der Waals surface area contributed by atoms with E-state index < -0.39 is 29.3 Å². The lowest BCUT2D eigenvalue weighted by molar-refractivity contribution is -0.137. The van der Waals surface area contributed by atoms with Crippen molar-refractivity contribution >= 4 is 5.91 Å². The number of carbonyl (C=O) groups is 1. The van der Waals surface area contributed by atoms with Crippen molar-refractivity contribution in [3.63, 3.8) is 0 Å². The van der Waals surface area contributed by atoms with Crippen molar-refractivity contribution in [1.82, 2.24) is 14.7 Å². The number of alkyl halides is 3. The molecule has 0 radical (unpaired) electrons. The Balaban J connectivity index is 1.66. The quantitative estimate of drug-likeness (QED) is 0.497. The van der Waals surface area contributed by atoms with Gasteiger partial charge in [0.25, 0.3) is 5.91 Å². The van der Waals surface area contributed by atoms with Crippen LogP contribution in [0.3, 0.4) is 0 Å². The number of benzene rings is 2. The molecule has 5 nitrogen and oxygen atoms in total. The summed E-state index contributed by atoms with van der Waals surface area (Å²) in [5.74, 6) is -1.99. The number of rotatable bonds is 6. The molecule has 0 aliphatic heterocycles. The van der Waals surface area contributed by atoms with Crippen molar-refractivity contribution < 1.29 is 31.5 Å². The molecule has 3 aromatic rings. The molecule has 1 aliphatic rings. The highest BCUT2D eigenvalue weighted by molar-refractivity contribution is 5.95. The predicted molar refractivity (Wildman–Crippen MR) is 104 cm³/mol. The molecule has 0 bridgehead atoms. The molecule has 32 heavy (non-hydrogen) atoms. The number of halogens is 5. The standard InChI is InChI=1S/C22H18F5N3O2/c1-32-19-12-30(17-4-2-3-14(9-17)22(25,26)27)28-20(19)21(31)29(16-7-8-16)11-13-5-6-15(23)10-18(13)24/h2-6,9-10,12,16H,7-8,11H2,1H3. The molecule has 1 aliphatic carbocycles. The average molecular weight is 451 g/mol. The monoisotopic (exact) mass is 451 g/mol. The number of amides is 1. The lowest BCUT2D eigenvalue weighted by atomic mass is 10.2. The summed E-state index contributed by atoms with van der Waals surface area (Å²) < 4.78 is 72.9. The zero-order valence-electron chi connectivity index (χ0n) is 16.9. The summed E-state index contributed by atoms with van der Waals surface area (Å²) in [6.07, 6.45) is -1.80. The Labute approximate surface area is 180 Å². The number of nitrogens with zero attached hydrogens (tertiary/aromatic N) is 3. The van der Waals surface area contributed by atoms with Crippen LogP contribution >= 0.6 is 0 Å². The second kappa shape index (κ2) is 8.25. The van der Waals surface area contributed by atoms with Crippen LogP contribution in [0.2, 0.25) is 0 Å². The fourth-order valence-corrected chi connectivity index (χ4v) is 3.34. The predicted octanol–water partition coefficient (Wildman–Crippen LogP) is 4.98. The van der Waals surface area contributed by atoms with Crippen LogP contribution in [0.1, 0.15) is 34.5 Å². The Hall–Kier alpha value is -3.43. The van der Waals surface area contributed by atoms with Crippen molar-refractivity contribution in [3.05, 3.63) is 77.1 Å². The summed E-state index contributed by atoms with van der Waals surface area (Å²) in [7, 11) is 1.31. The van der Waals surface area contributed by atoms with Gasteiger partial charge in [-0.05, 0) is 37.1 Å². The fraction of sp³-hybridized carbons (Fsp3) is 0.273. The van der Waals surface area contributed by atoms with Gasteiger partial charge in [-0.15, -0.1) is 0 Å². The van der Waals surface area contributed by atoms with E-state index in [4.69, 9.17) is 4.74 Å². The van der Waals surface area contributed by atoms with Crippen LogP contribution in [-0.2, 0) is 12.7 Å². The number of hydrogen-bond donors (Lipinski definition) is 0. The summed E-state index contributed by atoms with van der Waals surface area (Å²) in [4.78, 5) is 14.7. The smallest absolute Gasteiger partial charge is 0.416 e. The minimum absolute atomic E-state index is 0.0673. The molecule has 1 heterocycles. The molecule has 10 heteroatoms. The molecule has 1 aromatic heterocycles. The molecular weight excluding hydrogens is 433 g/mol. The van der Waals surface area contributed by atoms with Crippen LogP contribution in [0.25, 0.3) is 5.69 Å². The van der Waals surface area contributed by atoms with E-state index in [0.717, 1.165) is 28.9 Å². The Kier molecular flexibility index (Phi) is 5.62. The van der Waals surface area contributed by atoms with Crippen molar-refractivity contribution in [1.29, 1.82) is 0 Å². The third kappa shape index (κ3) is 4.44. The molecule has 4 rings (SSSR count). The molecule has 1 saturated carbocycles. The van der Waals surface area contributed by atoms with E-state index in [0.29, 0.717) is 12.8 Å². The average Bonchev–Trinajstić information content (AvgIpc) is 3.49. The van der Waals surface area contributed by atoms with Crippen molar-refractivity contribution in [3.8, 4) is 11.4 Å². The maximum absolute atomic E-state index is 14.2. The molecule has 168 valence electrons. The van der Waals surface area contributed by atoms with E-state index in [2.05, 4.69) is 5.10 Å². The zero-order valence-corrected chi connectivity index (χ0v) is 16.9. The van der Waals surface area contributed by atoms with Crippen LogP contribution in [0, 0.1) is 11.6 Å². The normalized spacial score (nSPS) is 13.8. The van der Waals surface area contributed by atoms with E-state index in [1.807, 2.05) is 0 Å². The number of methoxy groups -OCH3 is 1. The Bertz CT molecular complexity index is 1150. The molecule has 1 fully saturated rings. The van der Waals surface area contributed by atoms with Crippen LogP contribution in [0.4, 0.5) is 22.0 Å². The van der Waals surface area contributed by atoms with E-state index >= 15 is 0 Å². The summed E-state index contributed by atoms with van der Waals surface area (Å²) >= 11 is 0. The molecule has 0 unspecified atom stereocenters. The fourth-order valence-electron chi connectivity index (χ4n) is 3.34. The molecule has 0 spiro atoms. The van der Waals surface area contributed by atoms with Gasteiger partial charge in [0.1, 0.15) is 11.6 Å². The van der Waals surface area contributed by atoms with Gasteiger partial charge in [0.05, 0.1) is 24.6 Å². The van der Waals surface area contributed by atoms with E-state index in [1.54, 1.807) is 0 Å². The Morgan fingerprint density at radius 1 is 1.19 bits per heavy atom. The summed E-state index contributed by atoms with van der Waals surface area (Å²) in [6, 6.07) is 7.48. The van der Waals surface area contributed by atoms with E-state index in [1.165, 1.54) is 36.4 Å². The first-order valence-corrected chi connectivity index (χ1v) is 9.73. The van der Waals surface area contributed by atoms with Gasteiger partial charge in [-0.25, -0.2) is 13.5 Å². The van der Waals surface area contributed by atoms with Gasteiger partial charge in [0.15, 0.2) is 11.4 Å². The summed E-state index contributed by atoms with van der Waals surface area (Å²) in [5, 5.41) is 4.16. The summed E-state index contributed by atoms with van der Waals surface area (Å²) in [6.45, 7) is -0.102. The molecule has 2 aromatic carbocycles. The van der Waals surface area contributed by atoms with Gasteiger partial charge in [-0.3, -0.25) is 4.79 Å². The van der Waals surface area contributed by atoms with Gasteiger partial charge >= 0.3 is 6.18 Å². The number of hydrogen-bond acceptors (Lipinski definition) is 3. The van der Waals surface area contributed by atoms with Crippen LogP contribution in [0.5, 0.6) is 5.75 Å². The second-order valence-electron chi connectivity index (χ2n) is 7.44. The lowest BCUT2D eigenvalue weighted by Gasteiger charge is -2.22. The Morgan fingerprint density at radius 3 is 2.56 bits per heavy atom. The highest BCUT2D eigenvalue weighted by Gasteiger charge is 2.36. The van der Waals surface area contributed by atoms with Gasteiger partial charge in [0.2, 0.25) is 0 Å². The molecule has 0 N–H and O–H groups in total. The SMILES string of the molecule is COc1cn(-c2cccc(C(F)(F)F)c2)nc1C(=O)N(Cc1ccc(F)cc1F)C1CC1. The van der Waals surface area contributed by atoms with Crippen LogP contribution < -0.4 is 4.74 Å². The van der Waals surface area contributed by atoms with Gasteiger partial charge in [-0.1, -0.05) is 12.1 Å². The third-order valence-electron chi connectivity index (χ3n) is 5.15. The van der Waals surface area contributed by atoms with E-state index in [-0.39, 0.29) is 35.3 Å². The second-order valence-corrected chi connectivity index (χ2v) is 7.44. The van der Waals surface area contributed by atoms with Gasteiger partial charge in [-0.2, -0.15) is 18.3 Å². The highest BCUT2D eigenvalue weighted by atomic mass is 19.4. The van der Waals surface area contributed by atoms with Crippen LogP contribution in [-0.4, -0.2) is 33.7 Å². The number of carbonyl (C=O) groups excluding carboxylic acids is 1. The molecule has 0 atom stereocenters. The third-order valence-corrected chi connectivity index (χ3v) is 5.15. The van der Waals surface area contributed by atoms with Crippen molar-refractivity contribution in [2.24, 2.45) is 0 Å². The maximum Gasteiger partial charge on any atom is 0.416 e. The number of aromatic nitrogens is 2. The highest BCUT2D eigenvalue weighted by Crippen LogP contribution is 2.33. The molecular formula is C22H18F5N3O2. The van der Waals surface area contributed by atoms with Gasteiger partial charge < -0.3 is 9.64 Å². The minimum Gasteiger partial charge on any atom is -0.493 e. The molecule has 1 amide bonds. The van der Waals surface area contributed by atoms with Crippen molar-refractivity contribution in [2.45, 2.75) is 31.6 Å². The maximum atomic E-state index is 14.2. The number of ether oxygens (including phenoxy) is 1. The largest absolute Gasteiger partial charge is 0.493 e. The minimum atomic E-state index is -4.53. The van der Waals surface area contributed by atoms with Crippen molar-refractivity contribution in [2.75, 3.05) is 7.11 Å². The zero-order chi connectivity index (χ0) is 23.0. The molecule has 0 saturated heterocycles. The van der Waals surface area contributed by atoms with E-state index in [9.17, 15) is 26.7 Å². The van der Waals surface area contributed by atoms with Crippen LogP contribution in [0.15, 0.2) is 48.7 Å². The summed E-state index contributed by atoms with van der Waals surface area (Å²) in [5.41, 5.74) is -0.731. The first kappa shape index (κ1) is 21.8. The first-order chi connectivity index (χ1) is 15.2. The lowest BCUT2D eigenvalue weighted by Crippen LogP contribution is -2.33. The first-order valence-electron chi connectivity index (χ1n) is 9.73. The Morgan fingerprint density at radius 2 is 1.94 bits per heavy atom. The topological polar surface area (TPSA) is 47.4 Å². The van der Waals surface area contributed by atoms with Gasteiger partial charge in [0, 0.05) is 24.2 Å².